The van der Waals surface area contributed by atoms with Crippen molar-refractivity contribution in [3.05, 3.63) is 23.8 Å². The lowest BCUT2D eigenvalue weighted by Gasteiger charge is -2.30. The number of ether oxygens (including phenoxy) is 2. The molecule has 0 saturated heterocycles. The predicted molar refractivity (Wildman–Crippen MR) is 97.8 cm³/mol. The number of benzene rings is 1. The van der Waals surface area contributed by atoms with Crippen LogP contribution in [0.4, 0.5) is 5.69 Å². The number of esters is 1. The molecule has 0 unspecified atom stereocenters. The fourth-order valence-electron chi connectivity index (χ4n) is 2.63. The van der Waals surface area contributed by atoms with Crippen molar-refractivity contribution >= 4 is 29.3 Å². The van der Waals surface area contributed by atoms with E-state index in [9.17, 15) is 19.2 Å². The van der Waals surface area contributed by atoms with E-state index in [0.29, 0.717) is 23.4 Å². The molecule has 0 fully saturated rings. The highest BCUT2D eigenvalue weighted by atomic mass is 16.5. The van der Waals surface area contributed by atoms with Crippen LogP contribution in [0.15, 0.2) is 18.2 Å². The third kappa shape index (κ3) is 5.06. The number of likely N-dealkylation sites (N-methyl/N-ethyl adjacent to an activating group) is 1. The molecule has 146 valence electrons. The quantitative estimate of drug-likeness (QED) is 0.503. The lowest BCUT2D eigenvalue weighted by molar-refractivity contribution is -0.144. The number of nitrogens with zero attached hydrogens (tertiary/aromatic N) is 2. The zero-order chi connectivity index (χ0) is 20.0. The van der Waals surface area contributed by atoms with Gasteiger partial charge in [0.05, 0.1) is 18.7 Å². The summed E-state index contributed by atoms with van der Waals surface area (Å²) in [5.41, 5.74) is 0.861. The van der Waals surface area contributed by atoms with Gasteiger partial charge in [-0.15, -0.1) is 0 Å². The van der Waals surface area contributed by atoms with Crippen LogP contribution in [0, 0.1) is 0 Å². The SMILES string of the molecule is CCOC(=O)CCN(C)C(=O)CN1C(=O)COc2ccc(C(=O)CC)cc21. The largest absolute Gasteiger partial charge is 0.482 e. The van der Waals surface area contributed by atoms with Gasteiger partial charge in [-0.3, -0.25) is 24.1 Å². The van der Waals surface area contributed by atoms with Crippen LogP contribution in [0.3, 0.4) is 0 Å². The van der Waals surface area contributed by atoms with Gasteiger partial charge in [-0.1, -0.05) is 6.92 Å². The molecule has 1 aromatic carbocycles. The van der Waals surface area contributed by atoms with Gasteiger partial charge in [-0.05, 0) is 25.1 Å². The molecular weight excluding hydrogens is 352 g/mol. The van der Waals surface area contributed by atoms with Crippen LogP contribution in [-0.4, -0.2) is 61.8 Å². The van der Waals surface area contributed by atoms with Gasteiger partial charge in [0, 0.05) is 25.6 Å². The molecule has 8 nitrogen and oxygen atoms in total. The first-order chi connectivity index (χ1) is 12.9. The Hall–Kier alpha value is -2.90. The Bertz CT molecular complexity index is 746. The summed E-state index contributed by atoms with van der Waals surface area (Å²) in [6.45, 7) is 3.58. The van der Waals surface area contributed by atoms with Gasteiger partial charge >= 0.3 is 5.97 Å². The van der Waals surface area contributed by atoms with Crippen LogP contribution in [0.5, 0.6) is 5.75 Å². The second-order valence-electron chi connectivity index (χ2n) is 6.10. The van der Waals surface area contributed by atoms with E-state index in [0.717, 1.165) is 0 Å². The first-order valence-corrected chi connectivity index (χ1v) is 8.87. The van der Waals surface area contributed by atoms with Crippen molar-refractivity contribution < 1.29 is 28.7 Å². The zero-order valence-electron chi connectivity index (χ0n) is 15.8. The molecule has 1 heterocycles. The van der Waals surface area contributed by atoms with E-state index in [1.807, 2.05) is 0 Å². The molecule has 0 saturated carbocycles. The second kappa shape index (κ2) is 9.16. The summed E-state index contributed by atoms with van der Waals surface area (Å²) >= 11 is 0. The number of carbonyl (C=O) groups excluding carboxylic acids is 4. The molecule has 0 radical (unpaired) electrons. The van der Waals surface area contributed by atoms with Gasteiger partial charge in [0.2, 0.25) is 5.91 Å². The minimum atomic E-state index is -0.382. The molecule has 0 aliphatic carbocycles. The summed E-state index contributed by atoms with van der Waals surface area (Å²) in [6.07, 6.45) is 0.419. The third-order valence-corrected chi connectivity index (χ3v) is 4.22. The van der Waals surface area contributed by atoms with Gasteiger partial charge in [0.15, 0.2) is 12.4 Å². The Morgan fingerprint density at radius 1 is 1.26 bits per heavy atom. The fraction of sp³-hybridized carbons (Fsp3) is 0.474. The molecule has 2 rings (SSSR count). The highest BCUT2D eigenvalue weighted by Crippen LogP contribution is 2.33. The first-order valence-electron chi connectivity index (χ1n) is 8.87. The smallest absolute Gasteiger partial charge is 0.307 e. The minimum absolute atomic E-state index is 0.0614. The number of amides is 2. The van der Waals surface area contributed by atoms with Crippen molar-refractivity contribution in [3.63, 3.8) is 0 Å². The fourth-order valence-corrected chi connectivity index (χ4v) is 2.63. The molecule has 27 heavy (non-hydrogen) atoms. The maximum atomic E-state index is 12.5. The molecular formula is C19H24N2O6. The summed E-state index contributed by atoms with van der Waals surface area (Å²) in [7, 11) is 1.56. The van der Waals surface area contributed by atoms with Crippen molar-refractivity contribution in [2.24, 2.45) is 0 Å². The van der Waals surface area contributed by atoms with Gasteiger partial charge < -0.3 is 14.4 Å². The van der Waals surface area contributed by atoms with E-state index in [2.05, 4.69) is 0 Å². The van der Waals surface area contributed by atoms with Gasteiger partial charge in [-0.2, -0.15) is 0 Å². The Kier molecular flexibility index (Phi) is 6.92. The predicted octanol–water partition coefficient (Wildman–Crippen LogP) is 1.42. The molecule has 1 aliphatic rings. The summed E-state index contributed by atoms with van der Waals surface area (Å²) in [5.74, 6) is -0.686. The van der Waals surface area contributed by atoms with Crippen molar-refractivity contribution in [2.75, 3.05) is 38.3 Å². The van der Waals surface area contributed by atoms with Gasteiger partial charge in [0.25, 0.3) is 5.91 Å². The van der Waals surface area contributed by atoms with Gasteiger partial charge in [0.1, 0.15) is 12.3 Å². The average Bonchev–Trinajstić information content (AvgIpc) is 2.67. The van der Waals surface area contributed by atoms with E-state index in [1.54, 1.807) is 39.1 Å². The monoisotopic (exact) mass is 376 g/mol. The highest BCUT2D eigenvalue weighted by molar-refractivity contribution is 6.04. The Labute approximate surface area is 158 Å². The van der Waals surface area contributed by atoms with Gasteiger partial charge in [-0.25, -0.2) is 0 Å². The first kappa shape index (κ1) is 20.4. The molecule has 1 aromatic rings. The van der Waals surface area contributed by atoms with E-state index in [1.165, 1.54) is 9.80 Å². The molecule has 1 aliphatic heterocycles. The number of hydrogen-bond donors (Lipinski definition) is 0. The van der Waals surface area contributed by atoms with Crippen molar-refractivity contribution in [3.8, 4) is 5.75 Å². The maximum absolute atomic E-state index is 12.5. The molecule has 0 aromatic heterocycles. The van der Waals surface area contributed by atoms with Crippen LogP contribution in [0.25, 0.3) is 0 Å². The summed E-state index contributed by atoms with van der Waals surface area (Å²) in [6, 6.07) is 4.85. The third-order valence-electron chi connectivity index (χ3n) is 4.22. The van der Waals surface area contributed by atoms with Crippen LogP contribution in [0.2, 0.25) is 0 Å². The summed E-state index contributed by atoms with van der Waals surface area (Å²) in [4.78, 5) is 50.9. The van der Waals surface area contributed by atoms with Crippen LogP contribution < -0.4 is 9.64 Å². The molecule has 8 heteroatoms. The lowest BCUT2D eigenvalue weighted by Crippen LogP contribution is -2.46. The number of ketones is 1. The zero-order valence-corrected chi connectivity index (χ0v) is 15.8. The molecule has 0 spiro atoms. The lowest BCUT2D eigenvalue weighted by atomic mass is 10.1. The Morgan fingerprint density at radius 2 is 2.00 bits per heavy atom. The van der Waals surface area contributed by atoms with Crippen molar-refractivity contribution in [1.29, 1.82) is 0 Å². The van der Waals surface area contributed by atoms with Crippen LogP contribution in [0.1, 0.15) is 37.0 Å². The molecule has 0 bridgehead atoms. The minimum Gasteiger partial charge on any atom is -0.482 e. The number of anilines is 1. The second-order valence-corrected chi connectivity index (χ2v) is 6.10. The molecule has 0 N–H and O–H groups in total. The number of carbonyl (C=O) groups is 4. The van der Waals surface area contributed by atoms with E-state index in [4.69, 9.17) is 9.47 Å². The van der Waals surface area contributed by atoms with Crippen LogP contribution >= 0.6 is 0 Å². The van der Waals surface area contributed by atoms with E-state index < -0.39 is 0 Å². The highest BCUT2D eigenvalue weighted by Gasteiger charge is 2.29. The summed E-state index contributed by atoms with van der Waals surface area (Å²) in [5, 5.41) is 0. The average molecular weight is 376 g/mol. The topological polar surface area (TPSA) is 93.2 Å². The van der Waals surface area contributed by atoms with Crippen molar-refractivity contribution in [1.82, 2.24) is 4.90 Å². The van der Waals surface area contributed by atoms with E-state index in [-0.39, 0.29) is 56.3 Å². The molecule has 2 amide bonds. The maximum Gasteiger partial charge on any atom is 0.307 e. The number of fused-ring (bicyclic) bond motifs is 1. The number of rotatable bonds is 8. The summed E-state index contributed by atoms with van der Waals surface area (Å²) < 4.78 is 10.2. The molecule has 0 atom stereocenters. The normalized spacial score (nSPS) is 12.9. The van der Waals surface area contributed by atoms with Crippen LogP contribution in [-0.2, 0) is 19.1 Å². The standard InChI is InChI=1S/C19H24N2O6/c1-4-15(22)13-6-7-16-14(10-13)21(18(24)12-27-16)11-17(23)20(3)9-8-19(25)26-5-2/h6-7,10H,4-5,8-9,11-12H2,1-3H3. The Balaban J connectivity index is 2.11. The number of hydrogen-bond acceptors (Lipinski definition) is 6. The number of Topliss-reactive ketones (excluding diaryl/α,β-unsaturated/α-hetero) is 1. The van der Waals surface area contributed by atoms with Crippen molar-refractivity contribution in [2.45, 2.75) is 26.7 Å². The Morgan fingerprint density at radius 3 is 2.67 bits per heavy atom. The van der Waals surface area contributed by atoms with E-state index >= 15 is 0 Å².